The fourth-order valence-electron chi connectivity index (χ4n) is 0.289. The largest absolute Gasteiger partial charge is 0.483 e. The van der Waals surface area contributed by atoms with E-state index in [1.807, 2.05) is 0 Å². The molecule has 0 aliphatic rings. The fourth-order valence-corrected chi connectivity index (χ4v) is 0.866. The molecule has 67 valence electrons. The van der Waals surface area contributed by atoms with Crippen molar-refractivity contribution in [1.82, 2.24) is 0 Å². The van der Waals surface area contributed by atoms with Crippen molar-refractivity contribution in [3.8, 4) is 0 Å². The van der Waals surface area contributed by atoms with Crippen LogP contribution in [0.25, 0.3) is 0 Å². The summed E-state index contributed by atoms with van der Waals surface area (Å²) in [4.78, 5) is 0. The van der Waals surface area contributed by atoms with Gasteiger partial charge in [0.05, 0.1) is 0 Å². The van der Waals surface area contributed by atoms with Crippen LogP contribution in [-0.2, 0) is 32.8 Å². The van der Waals surface area contributed by atoms with E-state index >= 15 is 0 Å². The Hall–Kier alpha value is 0.867. The predicted octanol–water partition coefficient (Wildman–Crippen LogP) is -1.39. The molecule has 0 aliphatic carbocycles. The predicted molar refractivity (Wildman–Crippen MR) is 40.6 cm³/mol. The zero-order valence-electron chi connectivity index (χ0n) is 5.53. The molecule has 0 aromatic heterocycles. The van der Waals surface area contributed by atoms with Gasteiger partial charge in [0.15, 0.2) is 0 Å². The third-order valence-electron chi connectivity index (χ3n) is 0.577. The summed E-state index contributed by atoms with van der Waals surface area (Å²) in [5, 5.41) is 0. The molecule has 0 saturated carbocycles. The topological polar surface area (TPSA) is 27.7 Å². The Balaban J connectivity index is -0.0000000600. The van der Waals surface area contributed by atoms with E-state index < -0.39 is 9.53 Å². The quantitative estimate of drug-likeness (QED) is 0.593. The normalized spacial score (nSPS) is 7.20. The average Bonchev–Trinajstić information content (AvgIpc) is 1.72. The maximum Gasteiger partial charge on any atom is 0.483 e. The second-order valence-electron chi connectivity index (χ2n) is 0.996. The van der Waals surface area contributed by atoms with Crippen LogP contribution in [0.15, 0.2) is 0 Å². The van der Waals surface area contributed by atoms with E-state index in [-0.39, 0.29) is 35.1 Å². The van der Waals surface area contributed by atoms with Gasteiger partial charge in [-0.3, -0.25) is 0 Å². The molecule has 0 aliphatic heterocycles. The van der Waals surface area contributed by atoms with Gasteiger partial charge >= 0.3 is 9.53 Å². The molecular weight excluding hydrogens is 260 g/mol. The first-order chi connectivity index (χ1) is 3.35. The van der Waals surface area contributed by atoms with E-state index in [0.717, 1.165) is 0 Å². The van der Waals surface area contributed by atoms with Gasteiger partial charge in [-0.1, -0.05) is 0 Å². The Labute approximate surface area is 79.5 Å². The molecule has 0 bridgehead atoms. The van der Waals surface area contributed by atoms with Gasteiger partial charge in [0.1, 0.15) is 0 Å². The second kappa shape index (κ2) is 16.5. The monoisotopic (exact) mass is 275 g/mol. The van der Waals surface area contributed by atoms with Crippen molar-refractivity contribution in [2.24, 2.45) is 0 Å². The first-order valence-corrected chi connectivity index (χ1v) is 3.35. The van der Waals surface area contributed by atoms with Crippen LogP contribution in [0.4, 0.5) is 4.70 Å². The molecule has 0 aromatic rings. The van der Waals surface area contributed by atoms with Gasteiger partial charge in [0.2, 0.25) is 0 Å². The number of hydrogen-bond acceptors (Lipinski definition) is 3. The van der Waals surface area contributed by atoms with Crippen molar-refractivity contribution in [3.63, 3.8) is 0 Å². The van der Waals surface area contributed by atoms with Crippen molar-refractivity contribution in [2.45, 2.75) is 0 Å². The summed E-state index contributed by atoms with van der Waals surface area (Å²) >= 11 is 0. The Morgan fingerprint density at radius 3 is 1.10 bits per heavy atom. The third-order valence-corrected chi connectivity index (χ3v) is 1.73. The molecule has 0 heterocycles. The molecule has 10 heavy (non-hydrogen) atoms. The van der Waals surface area contributed by atoms with E-state index in [1.165, 1.54) is 0 Å². The summed E-state index contributed by atoms with van der Waals surface area (Å²) in [5.74, 6) is 0. The molecule has 0 rings (SSSR count). The molecule has 0 fully saturated rings. The molecule has 1 radical (unpaired) electrons. The van der Waals surface area contributed by atoms with Gasteiger partial charge in [-0.15, -0.1) is 0 Å². The van der Waals surface area contributed by atoms with Gasteiger partial charge in [-0.2, -0.15) is 0 Å². The van der Waals surface area contributed by atoms with E-state index in [1.54, 1.807) is 21.3 Å². The van der Waals surface area contributed by atoms with Crippen molar-refractivity contribution in [3.05, 3.63) is 0 Å². The average molecular weight is 274 g/mol. The minimum absolute atomic E-state index is 0. The summed E-state index contributed by atoms with van der Waals surface area (Å²) in [5.41, 5.74) is 0. The molecule has 0 amide bonds. The Morgan fingerprint density at radius 1 is 0.900 bits per heavy atom. The van der Waals surface area contributed by atoms with Gasteiger partial charge in [-0.05, 0) is 11.0 Å². The number of hydrogen-bond donors (Lipinski definition) is 0. The molecule has 0 aromatic carbocycles. The molecule has 0 spiro atoms. The SMILES string of the molecule is CO[SiH](OC)OC.[F].[Ru].[SiH4]. The fraction of sp³-hybridized carbons (Fsp3) is 1.00. The van der Waals surface area contributed by atoms with Gasteiger partial charge in [0, 0.05) is 45.5 Å². The molecule has 0 saturated heterocycles. The molecule has 3 nitrogen and oxygen atoms in total. The Bertz CT molecular complexity index is 43.2. The van der Waals surface area contributed by atoms with Crippen LogP contribution in [0.1, 0.15) is 0 Å². The van der Waals surface area contributed by atoms with Crippen LogP contribution in [0.5, 0.6) is 0 Å². The Kier molecular flexibility index (Phi) is 36.9. The Morgan fingerprint density at radius 2 is 1.10 bits per heavy atom. The van der Waals surface area contributed by atoms with Gasteiger partial charge in [0.25, 0.3) is 0 Å². The first kappa shape index (κ1) is 22.4. The van der Waals surface area contributed by atoms with Crippen LogP contribution in [-0.4, -0.2) is 41.8 Å². The second-order valence-corrected chi connectivity index (χ2v) is 2.99. The minimum Gasteiger partial charge on any atom is -0.379 e. The minimum atomic E-state index is -1.67. The summed E-state index contributed by atoms with van der Waals surface area (Å²) in [6, 6.07) is 0. The third kappa shape index (κ3) is 11.6. The molecular formula is C3H14FO3RuSi2. The summed E-state index contributed by atoms with van der Waals surface area (Å²) in [6.07, 6.45) is 0. The van der Waals surface area contributed by atoms with Crippen LogP contribution in [0, 0.1) is 0 Å². The van der Waals surface area contributed by atoms with Crippen LogP contribution in [0.3, 0.4) is 0 Å². The van der Waals surface area contributed by atoms with E-state index in [2.05, 4.69) is 0 Å². The van der Waals surface area contributed by atoms with Crippen molar-refractivity contribution >= 4 is 20.5 Å². The molecule has 0 N–H and O–H groups in total. The smallest absolute Gasteiger partial charge is 0.379 e. The summed E-state index contributed by atoms with van der Waals surface area (Å²) in [7, 11) is 3.05. The zero-order valence-corrected chi connectivity index (χ0v) is 8.43. The van der Waals surface area contributed by atoms with E-state index in [9.17, 15) is 0 Å². The maximum absolute atomic E-state index is 4.74. The van der Waals surface area contributed by atoms with E-state index in [4.69, 9.17) is 13.3 Å². The van der Waals surface area contributed by atoms with Gasteiger partial charge < -0.3 is 13.3 Å². The number of halogens is 1. The zero-order chi connectivity index (χ0) is 5.70. The first-order valence-electron chi connectivity index (χ1n) is 1.93. The van der Waals surface area contributed by atoms with Crippen LogP contribution in [0.2, 0.25) is 0 Å². The maximum atomic E-state index is 4.74. The summed E-state index contributed by atoms with van der Waals surface area (Å²) in [6.45, 7) is 0. The van der Waals surface area contributed by atoms with Crippen LogP contribution < -0.4 is 0 Å². The standard InChI is InChI=1S/C3H10O3Si.F.Ru.H4Si/c1-4-7(5-2)6-3;;;/h7H,1-3H3;;;1H4. The van der Waals surface area contributed by atoms with Crippen molar-refractivity contribution in [2.75, 3.05) is 21.3 Å². The molecule has 0 unspecified atom stereocenters. The van der Waals surface area contributed by atoms with Crippen LogP contribution >= 0.6 is 0 Å². The van der Waals surface area contributed by atoms with Crippen molar-refractivity contribution in [1.29, 1.82) is 0 Å². The molecule has 7 heteroatoms. The van der Waals surface area contributed by atoms with E-state index in [0.29, 0.717) is 0 Å². The van der Waals surface area contributed by atoms with Crippen molar-refractivity contribution < 1.29 is 37.5 Å². The molecule has 0 atom stereocenters. The summed E-state index contributed by atoms with van der Waals surface area (Å²) < 4.78 is 14.2. The number of rotatable bonds is 3. The van der Waals surface area contributed by atoms with Gasteiger partial charge in [-0.25, -0.2) is 0 Å².